The van der Waals surface area contributed by atoms with Gasteiger partial charge in [0, 0.05) is 41.9 Å². The van der Waals surface area contributed by atoms with Gasteiger partial charge < -0.3 is 20.6 Å². The lowest BCUT2D eigenvalue weighted by Crippen LogP contribution is -2.37. The fourth-order valence-electron chi connectivity index (χ4n) is 3.28. The largest absolute Gasteiger partial charge is 0.361 e. The molecule has 4 N–H and O–H groups in total. The first-order valence-electron chi connectivity index (χ1n) is 8.89. The van der Waals surface area contributed by atoms with E-state index in [9.17, 15) is 0 Å². The molecule has 0 unspecified atom stereocenters. The molecule has 0 fully saturated rings. The third kappa shape index (κ3) is 3.42. The first-order valence-corrected chi connectivity index (χ1v) is 8.89. The van der Waals surface area contributed by atoms with E-state index in [0.717, 1.165) is 30.1 Å². The van der Waals surface area contributed by atoms with Crippen molar-refractivity contribution in [2.45, 2.75) is 13.0 Å². The van der Waals surface area contributed by atoms with Crippen LogP contribution in [-0.2, 0) is 13.0 Å². The van der Waals surface area contributed by atoms with Crippen LogP contribution >= 0.6 is 0 Å². The van der Waals surface area contributed by atoms with Gasteiger partial charge in [0.2, 0.25) is 0 Å². The monoisotopic (exact) mass is 345 g/mol. The summed E-state index contributed by atoms with van der Waals surface area (Å²) in [4.78, 5) is 11.1. The molecule has 0 spiro atoms. The van der Waals surface area contributed by atoms with Crippen molar-refractivity contribution in [1.82, 2.24) is 20.6 Å². The molecule has 5 heteroatoms. The molecule has 0 aliphatic heterocycles. The highest BCUT2D eigenvalue weighted by atomic mass is 15.2. The zero-order valence-electron chi connectivity index (χ0n) is 14.8. The van der Waals surface area contributed by atoms with Crippen molar-refractivity contribution in [2.75, 3.05) is 13.6 Å². The van der Waals surface area contributed by atoms with E-state index >= 15 is 0 Å². The molecule has 0 aliphatic rings. The summed E-state index contributed by atoms with van der Waals surface area (Å²) in [7, 11) is 1.80. The number of nitrogens with zero attached hydrogens (tertiary/aromatic N) is 1. The number of hydrogen-bond donors (Lipinski definition) is 4. The van der Waals surface area contributed by atoms with Crippen molar-refractivity contribution in [2.24, 2.45) is 4.99 Å². The Morgan fingerprint density at radius 1 is 1.00 bits per heavy atom. The number of hydrogen-bond acceptors (Lipinski definition) is 1. The first-order chi connectivity index (χ1) is 12.8. The number of nitrogens with one attached hydrogen (secondary N) is 4. The Bertz CT molecular complexity index is 1010. The number of aromatic nitrogens is 2. The van der Waals surface area contributed by atoms with Crippen LogP contribution in [0.5, 0.6) is 0 Å². The number of aromatic amines is 2. The summed E-state index contributed by atoms with van der Waals surface area (Å²) in [6, 6.07) is 18.9. The molecule has 0 aliphatic carbocycles. The van der Waals surface area contributed by atoms with Gasteiger partial charge >= 0.3 is 0 Å². The Hall–Kier alpha value is -3.21. The molecule has 0 saturated carbocycles. The normalized spacial score (nSPS) is 12.0. The number of H-pyrrole nitrogens is 2. The molecule has 26 heavy (non-hydrogen) atoms. The topological polar surface area (TPSA) is 68.0 Å². The number of aliphatic imine (C=N–C) groups is 1. The molecule has 5 nitrogen and oxygen atoms in total. The number of benzene rings is 2. The average molecular weight is 345 g/mol. The predicted molar refractivity (Wildman–Crippen MR) is 109 cm³/mol. The molecule has 2 heterocycles. The molecule has 2 aromatic heterocycles. The Kier molecular flexibility index (Phi) is 4.60. The van der Waals surface area contributed by atoms with E-state index in [0.29, 0.717) is 6.54 Å². The maximum atomic E-state index is 4.31. The van der Waals surface area contributed by atoms with E-state index in [1.165, 1.54) is 21.9 Å². The molecule has 0 radical (unpaired) electrons. The van der Waals surface area contributed by atoms with Gasteiger partial charge in [0.15, 0.2) is 5.96 Å². The second kappa shape index (κ2) is 7.35. The summed E-state index contributed by atoms with van der Waals surface area (Å²) < 4.78 is 0. The van der Waals surface area contributed by atoms with E-state index in [4.69, 9.17) is 0 Å². The van der Waals surface area contributed by atoms with Crippen LogP contribution in [0.2, 0.25) is 0 Å². The van der Waals surface area contributed by atoms with Gasteiger partial charge in [0.25, 0.3) is 0 Å². The van der Waals surface area contributed by atoms with Gasteiger partial charge in [0.05, 0.1) is 6.54 Å². The lowest BCUT2D eigenvalue weighted by molar-refractivity contribution is 0.789. The molecule has 0 atom stereocenters. The standard InChI is InChI=1S/C21H23N5/c1-22-21(25-14-17-12-15-6-2-4-8-19(15)26-17)23-11-10-16-13-24-20-9-5-3-7-18(16)20/h2-9,12-13,24,26H,10-11,14H2,1H3,(H2,22,23,25). The zero-order valence-corrected chi connectivity index (χ0v) is 14.8. The number of fused-ring (bicyclic) bond motifs is 2. The van der Waals surface area contributed by atoms with Crippen LogP contribution in [0.4, 0.5) is 0 Å². The minimum Gasteiger partial charge on any atom is -0.361 e. The van der Waals surface area contributed by atoms with E-state index in [-0.39, 0.29) is 0 Å². The van der Waals surface area contributed by atoms with Crippen molar-refractivity contribution < 1.29 is 0 Å². The maximum Gasteiger partial charge on any atom is 0.191 e. The first kappa shape index (κ1) is 16.3. The van der Waals surface area contributed by atoms with Crippen molar-refractivity contribution in [3.05, 3.63) is 72.1 Å². The second-order valence-corrected chi connectivity index (χ2v) is 6.34. The highest BCUT2D eigenvalue weighted by Gasteiger charge is 2.04. The van der Waals surface area contributed by atoms with E-state index in [1.54, 1.807) is 7.05 Å². The molecule has 4 rings (SSSR count). The van der Waals surface area contributed by atoms with Crippen LogP contribution in [0.25, 0.3) is 21.8 Å². The SMILES string of the molecule is CN=C(NCCc1c[nH]c2ccccc12)NCc1cc2ccccc2[nH]1. The number of para-hydroxylation sites is 2. The highest BCUT2D eigenvalue weighted by molar-refractivity contribution is 5.84. The minimum absolute atomic E-state index is 0.710. The molecule has 0 saturated heterocycles. The van der Waals surface area contributed by atoms with Crippen LogP contribution in [-0.4, -0.2) is 29.5 Å². The van der Waals surface area contributed by atoms with Gasteiger partial charge in [-0.05, 0) is 35.6 Å². The van der Waals surface area contributed by atoms with Crippen molar-refractivity contribution in [3.63, 3.8) is 0 Å². The smallest absolute Gasteiger partial charge is 0.191 e. The van der Waals surface area contributed by atoms with Crippen LogP contribution in [0.3, 0.4) is 0 Å². The highest BCUT2D eigenvalue weighted by Crippen LogP contribution is 2.17. The molecular formula is C21H23N5. The molecule has 2 aromatic carbocycles. The van der Waals surface area contributed by atoms with Crippen LogP contribution in [0, 0.1) is 0 Å². The Morgan fingerprint density at radius 3 is 2.65 bits per heavy atom. The predicted octanol–water partition coefficient (Wildman–Crippen LogP) is 3.56. The summed E-state index contributed by atoms with van der Waals surface area (Å²) in [5.74, 6) is 0.809. The van der Waals surface area contributed by atoms with Gasteiger partial charge in [-0.15, -0.1) is 0 Å². The molecule has 132 valence electrons. The number of rotatable bonds is 5. The second-order valence-electron chi connectivity index (χ2n) is 6.34. The van der Waals surface area contributed by atoms with Gasteiger partial charge in [-0.25, -0.2) is 0 Å². The third-order valence-corrected chi connectivity index (χ3v) is 4.62. The van der Waals surface area contributed by atoms with Crippen molar-refractivity contribution >= 4 is 27.8 Å². The molecule has 0 amide bonds. The maximum absolute atomic E-state index is 4.31. The summed E-state index contributed by atoms with van der Waals surface area (Å²) in [6.45, 7) is 1.54. The molecular weight excluding hydrogens is 322 g/mol. The van der Waals surface area contributed by atoms with E-state index in [1.807, 2.05) is 6.07 Å². The third-order valence-electron chi connectivity index (χ3n) is 4.62. The lowest BCUT2D eigenvalue weighted by atomic mass is 10.1. The van der Waals surface area contributed by atoms with Gasteiger partial charge in [-0.3, -0.25) is 4.99 Å². The van der Waals surface area contributed by atoms with Crippen LogP contribution < -0.4 is 10.6 Å². The summed E-state index contributed by atoms with van der Waals surface area (Å²) in [5.41, 5.74) is 4.81. The van der Waals surface area contributed by atoms with Crippen LogP contribution in [0.1, 0.15) is 11.3 Å². The summed E-state index contributed by atoms with van der Waals surface area (Å²) in [6.07, 6.45) is 3.03. The van der Waals surface area contributed by atoms with Gasteiger partial charge in [-0.2, -0.15) is 0 Å². The Balaban J connectivity index is 1.32. The fraction of sp³-hybridized carbons (Fsp3) is 0.190. The van der Waals surface area contributed by atoms with E-state index in [2.05, 4.69) is 80.3 Å². The minimum atomic E-state index is 0.710. The van der Waals surface area contributed by atoms with Crippen molar-refractivity contribution in [3.8, 4) is 0 Å². The van der Waals surface area contributed by atoms with Gasteiger partial charge in [0.1, 0.15) is 0 Å². The van der Waals surface area contributed by atoms with E-state index < -0.39 is 0 Å². The summed E-state index contributed by atoms with van der Waals surface area (Å²) in [5, 5.41) is 9.27. The quantitative estimate of drug-likeness (QED) is 0.330. The molecule has 0 bridgehead atoms. The fourth-order valence-corrected chi connectivity index (χ4v) is 3.28. The summed E-state index contributed by atoms with van der Waals surface area (Å²) >= 11 is 0. The van der Waals surface area contributed by atoms with Crippen molar-refractivity contribution in [1.29, 1.82) is 0 Å². The number of guanidine groups is 1. The molecule has 4 aromatic rings. The average Bonchev–Trinajstić information content (AvgIpc) is 3.28. The Morgan fingerprint density at radius 2 is 1.81 bits per heavy atom. The van der Waals surface area contributed by atoms with Crippen LogP contribution in [0.15, 0.2) is 65.8 Å². The zero-order chi connectivity index (χ0) is 17.8. The lowest BCUT2D eigenvalue weighted by Gasteiger charge is -2.11. The Labute approximate surface area is 152 Å². The van der Waals surface area contributed by atoms with Gasteiger partial charge in [-0.1, -0.05) is 36.4 Å².